The zero-order valence-electron chi connectivity index (χ0n) is 11.1. The van der Waals surface area contributed by atoms with Gasteiger partial charge in [0, 0.05) is 12.3 Å². The highest BCUT2D eigenvalue weighted by molar-refractivity contribution is 5.55. The van der Waals surface area contributed by atoms with Gasteiger partial charge in [0.15, 0.2) is 11.5 Å². The highest BCUT2D eigenvalue weighted by atomic mass is 16.6. The molecule has 1 aromatic carbocycles. The van der Waals surface area contributed by atoms with Crippen LogP contribution in [0.15, 0.2) is 42.6 Å². The Morgan fingerprint density at radius 2 is 2.10 bits per heavy atom. The summed E-state index contributed by atoms with van der Waals surface area (Å²) < 4.78 is 11.4. The molecule has 0 amide bonds. The molecule has 0 saturated heterocycles. The molecule has 2 aromatic rings. The summed E-state index contributed by atoms with van der Waals surface area (Å²) in [6.07, 6.45) is 1.27. The minimum absolute atomic E-state index is 0.0605. The van der Waals surface area contributed by atoms with Gasteiger partial charge in [-0.3, -0.25) is 10.1 Å². The number of hydrogen-bond donors (Lipinski definition) is 1. The van der Waals surface area contributed by atoms with Crippen molar-refractivity contribution in [3.63, 3.8) is 0 Å². The molecule has 7 heteroatoms. The Balaban J connectivity index is 1.66. The summed E-state index contributed by atoms with van der Waals surface area (Å²) in [5.41, 5.74) is -0.0605. The molecule has 7 nitrogen and oxygen atoms in total. The summed E-state index contributed by atoms with van der Waals surface area (Å²) in [7, 11) is 0. The van der Waals surface area contributed by atoms with Gasteiger partial charge in [-0.1, -0.05) is 12.1 Å². The quantitative estimate of drug-likeness (QED) is 0.685. The molecule has 108 valence electrons. The third kappa shape index (κ3) is 2.86. The standard InChI is InChI=1S/C14H13N3O4/c18-17(19)11-4-3-7-15-14(11)16-8-10-9-20-12-5-1-2-6-13(12)21-10/h1-7,10H,8-9H2,(H,15,16). The number of aromatic nitrogens is 1. The lowest BCUT2D eigenvalue weighted by atomic mass is 10.2. The largest absolute Gasteiger partial charge is 0.486 e. The number of rotatable bonds is 4. The lowest BCUT2D eigenvalue weighted by Gasteiger charge is -2.26. The van der Waals surface area contributed by atoms with Crippen LogP contribution in [-0.2, 0) is 0 Å². The van der Waals surface area contributed by atoms with Crippen molar-refractivity contribution in [3.8, 4) is 11.5 Å². The number of para-hydroxylation sites is 2. The van der Waals surface area contributed by atoms with E-state index in [1.807, 2.05) is 24.3 Å². The number of benzene rings is 1. The van der Waals surface area contributed by atoms with E-state index in [9.17, 15) is 10.1 Å². The normalized spacial score (nSPS) is 16.3. The molecule has 0 aliphatic carbocycles. The van der Waals surface area contributed by atoms with Gasteiger partial charge in [-0.05, 0) is 18.2 Å². The first-order valence-corrected chi connectivity index (χ1v) is 6.46. The van der Waals surface area contributed by atoms with Crippen molar-refractivity contribution >= 4 is 11.5 Å². The van der Waals surface area contributed by atoms with Crippen molar-refractivity contribution < 1.29 is 14.4 Å². The van der Waals surface area contributed by atoms with Gasteiger partial charge in [-0.15, -0.1) is 0 Å². The van der Waals surface area contributed by atoms with E-state index < -0.39 is 4.92 Å². The van der Waals surface area contributed by atoms with Crippen LogP contribution in [0.5, 0.6) is 11.5 Å². The van der Waals surface area contributed by atoms with E-state index in [0.717, 1.165) is 0 Å². The van der Waals surface area contributed by atoms with Crippen LogP contribution in [0, 0.1) is 10.1 Å². The Kier molecular flexibility index (Phi) is 3.55. The number of anilines is 1. The van der Waals surface area contributed by atoms with E-state index in [4.69, 9.17) is 9.47 Å². The number of nitrogens with zero attached hydrogens (tertiary/aromatic N) is 2. The molecule has 1 unspecified atom stereocenters. The highest BCUT2D eigenvalue weighted by Crippen LogP contribution is 2.31. The fourth-order valence-electron chi connectivity index (χ4n) is 2.05. The molecule has 21 heavy (non-hydrogen) atoms. The lowest BCUT2D eigenvalue weighted by Crippen LogP contribution is -2.35. The van der Waals surface area contributed by atoms with Gasteiger partial charge in [0.25, 0.3) is 0 Å². The Morgan fingerprint density at radius 1 is 1.29 bits per heavy atom. The summed E-state index contributed by atoms with van der Waals surface area (Å²) in [6.45, 7) is 0.747. The van der Waals surface area contributed by atoms with Crippen LogP contribution < -0.4 is 14.8 Å². The zero-order chi connectivity index (χ0) is 14.7. The number of hydrogen-bond acceptors (Lipinski definition) is 6. The first-order chi connectivity index (χ1) is 10.2. The third-order valence-corrected chi connectivity index (χ3v) is 3.05. The van der Waals surface area contributed by atoms with Gasteiger partial charge in [0.05, 0.1) is 11.5 Å². The van der Waals surface area contributed by atoms with Gasteiger partial charge in [-0.2, -0.15) is 0 Å². The molecule has 1 aliphatic rings. The summed E-state index contributed by atoms with van der Waals surface area (Å²) in [6, 6.07) is 10.3. The van der Waals surface area contributed by atoms with E-state index in [2.05, 4.69) is 10.3 Å². The molecule has 0 saturated carbocycles. The maximum atomic E-state index is 10.9. The van der Waals surface area contributed by atoms with Crippen molar-refractivity contribution in [1.29, 1.82) is 0 Å². The van der Waals surface area contributed by atoms with E-state index >= 15 is 0 Å². The first-order valence-electron chi connectivity index (χ1n) is 6.46. The number of nitro groups is 1. The van der Waals surface area contributed by atoms with Gasteiger partial charge >= 0.3 is 5.69 Å². The predicted octanol–water partition coefficient (Wildman–Crippen LogP) is 2.24. The maximum Gasteiger partial charge on any atom is 0.311 e. The Morgan fingerprint density at radius 3 is 2.90 bits per heavy atom. The minimum atomic E-state index is -0.469. The third-order valence-electron chi connectivity index (χ3n) is 3.05. The highest BCUT2D eigenvalue weighted by Gasteiger charge is 2.22. The monoisotopic (exact) mass is 287 g/mol. The van der Waals surface area contributed by atoms with Crippen LogP contribution in [0.25, 0.3) is 0 Å². The Hall–Kier alpha value is -2.83. The van der Waals surface area contributed by atoms with Crippen molar-refractivity contribution in [3.05, 3.63) is 52.7 Å². The summed E-state index contributed by atoms with van der Waals surface area (Å²) >= 11 is 0. The molecule has 2 heterocycles. The molecular formula is C14H13N3O4. The molecule has 1 atom stereocenters. The summed E-state index contributed by atoms with van der Waals surface area (Å²) in [5, 5.41) is 13.8. The van der Waals surface area contributed by atoms with Crippen molar-refractivity contribution in [1.82, 2.24) is 4.98 Å². The summed E-state index contributed by atoms with van der Waals surface area (Å²) in [5.74, 6) is 1.61. The average molecular weight is 287 g/mol. The van der Waals surface area contributed by atoms with Crippen molar-refractivity contribution in [2.45, 2.75) is 6.10 Å². The van der Waals surface area contributed by atoms with Crippen molar-refractivity contribution in [2.75, 3.05) is 18.5 Å². The van der Waals surface area contributed by atoms with E-state index in [0.29, 0.717) is 24.7 Å². The van der Waals surface area contributed by atoms with Crippen LogP contribution in [0.1, 0.15) is 0 Å². The minimum Gasteiger partial charge on any atom is -0.486 e. The number of pyridine rings is 1. The molecule has 0 fully saturated rings. The second-order valence-corrected chi connectivity index (χ2v) is 4.51. The van der Waals surface area contributed by atoms with Gasteiger partial charge < -0.3 is 14.8 Å². The van der Waals surface area contributed by atoms with Crippen LogP contribution in [0.2, 0.25) is 0 Å². The topological polar surface area (TPSA) is 86.5 Å². The number of ether oxygens (including phenoxy) is 2. The molecule has 0 bridgehead atoms. The maximum absolute atomic E-state index is 10.9. The van der Waals surface area contributed by atoms with Gasteiger partial charge in [0.2, 0.25) is 5.82 Å². The zero-order valence-corrected chi connectivity index (χ0v) is 11.1. The van der Waals surface area contributed by atoms with Crippen molar-refractivity contribution in [2.24, 2.45) is 0 Å². The lowest BCUT2D eigenvalue weighted by molar-refractivity contribution is -0.384. The smallest absolute Gasteiger partial charge is 0.311 e. The van der Waals surface area contributed by atoms with E-state index in [1.165, 1.54) is 18.3 Å². The van der Waals surface area contributed by atoms with E-state index in [1.54, 1.807) is 0 Å². The van der Waals surface area contributed by atoms with Gasteiger partial charge in [-0.25, -0.2) is 4.98 Å². The second-order valence-electron chi connectivity index (χ2n) is 4.51. The van der Waals surface area contributed by atoms with Gasteiger partial charge in [0.1, 0.15) is 12.7 Å². The predicted molar refractivity (Wildman–Crippen MR) is 75.7 cm³/mol. The fourth-order valence-corrected chi connectivity index (χ4v) is 2.05. The Labute approximate surface area is 120 Å². The molecule has 0 radical (unpaired) electrons. The first kappa shape index (κ1) is 13.2. The molecule has 3 rings (SSSR count). The average Bonchev–Trinajstić information content (AvgIpc) is 2.53. The van der Waals surface area contributed by atoms with E-state index in [-0.39, 0.29) is 17.6 Å². The van der Waals surface area contributed by atoms with Crippen LogP contribution >= 0.6 is 0 Å². The summed E-state index contributed by atoms with van der Waals surface area (Å²) in [4.78, 5) is 14.4. The number of fused-ring (bicyclic) bond motifs is 1. The Bertz CT molecular complexity index is 662. The number of nitrogens with one attached hydrogen (secondary N) is 1. The second kappa shape index (κ2) is 5.66. The molecular weight excluding hydrogens is 274 g/mol. The fraction of sp³-hybridized carbons (Fsp3) is 0.214. The molecule has 1 aromatic heterocycles. The van der Waals surface area contributed by atoms with Crippen LogP contribution in [0.3, 0.4) is 0 Å². The molecule has 1 N–H and O–H groups in total. The molecule has 1 aliphatic heterocycles. The molecule has 0 spiro atoms. The van der Waals surface area contributed by atoms with Crippen LogP contribution in [-0.4, -0.2) is 29.2 Å². The SMILES string of the molecule is O=[N+]([O-])c1cccnc1NCC1COc2ccccc2O1. The van der Waals surface area contributed by atoms with Crippen LogP contribution in [0.4, 0.5) is 11.5 Å².